The van der Waals surface area contributed by atoms with Crippen molar-refractivity contribution in [2.45, 2.75) is 26.8 Å². The highest BCUT2D eigenvalue weighted by Gasteiger charge is 2.24. The van der Waals surface area contributed by atoms with E-state index < -0.39 is 0 Å². The molecule has 0 aliphatic rings. The Morgan fingerprint density at radius 2 is 2.37 bits per heavy atom. The third-order valence-electron chi connectivity index (χ3n) is 2.73. The van der Waals surface area contributed by atoms with Crippen molar-refractivity contribution in [3.05, 3.63) is 32.4 Å². The number of thiazole rings is 1. The van der Waals surface area contributed by atoms with Crippen molar-refractivity contribution in [3.8, 4) is 0 Å². The van der Waals surface area contributed by atoms with Gasteiger partial charge in [0.2, 0.25) is 5.82 Å². The molecule has 0 radical (unpaired) electrons. The largest absolute Gasteiger partial charge is 0.364 e. The molecule has 0 aliphatic carbocycles. The van der Waals surface area contributed by atoms with Gasteiger partial charge in [0.1, 0.15) is 5.69 Å². The molecular weight excluding hydrogens is 266 g/mol. The quantitative estimate of drug-likeness (QED) is 0.648. The maximum absolute atomic E-state index is 11.1. The van der Waals surface area contributed by atoms with Crippen LogP contribution in [0.3, 0.4) is 0 Å². The molecule has 0 spiro atoms. The first kappa shape index (κ1) is 13.5. The van der Waals surface area contributed by atoms with Gasteiger partial charge in [-0.25, -0.2) is 9.67 Å². The van der Waals surface area contributed by atoms with E-state index in [4.69, 9.17) is 0 Å². The van der Waals surface area contributed by atoms with Crippen LogP contribution in [0.2, 0.25) is 0 Å². The molecule has 0 unspecified atom stereocenters. The number of rotatable bonds is 6. The Hall–Kier alpha value is -1.96. The third kappa shape index (κ3) is 2.90. The minimum atomic E-state index is -0.389. The summed E-state index contributed by atoms with van der Waals surface area (Å²) in [5, 5.41) is 20.3. The summed E-state index contributed by atoms with van der Waals surface area (Å²) in [6.07, 6.45) is 0.731. The van der Waals surface area contributed by atoms with Crippen LogP contribution in [-0.2, 0) is 13.0 Å². The van der Waals surface area contributed by atoms with Gasteiger partial charge in [0.15, 0.2) is 0 Å². The molecule has 0 fully saturated rings. The Kier molecular flexibility index (Phi) is 4.10. The van der Waals surface area contributed by atoms with Gasteiger partial charge in [0.05, 0.1) is 16.1 Å². The van der Waals surface area contributed by atoms with Crippen molar-refractivity contribution in [1.29, 1.82) is 0 Å². The first-order chi connectivity index (χ1) is 9.13. The lowest BCUT2D eigenvalue weighted by Gasteiger charge is -2.06. The molecule has 2 aromatic heterocycles. The molecule has 2 heterocycles. The molecule has 0 saturated heterocycles. The number of hydrogen-bond donors (Lipinski definition) is 1. The lowest BCUT2D eigenvalue weighted by Crippen LogP contribution is -2.11. The van der Waals surface area contributed by atoms with Crippen LogP contribution in [-0.4, -0.2) is 26.2 Å². The monoisotopic (exact) mass is 281 g/mol. The second-order valence-corrected chi connectivity index (χ2v) is 4.73. The SMILES string of the molecule is CCn1nc(C)c([N+](=O)[O-])c1NCCc1cscn1. The number of nitrogens with one attached hydrogen (secondary N) is 1. The topological polar surface area (TPSA) is 85.9 Å². The van der Waals surface area contributed by atoms with E-state index in [1.54, 1.807) is 28.5 Å². The Balaban J connectivity index is 2.12. The molecule has 0 amide bonds. The minimum Gasteiger partial charge on any atom is -0.364 e. The van der Waals surface area contributed by atoms with Crippen LogP contribution in [0.4, 0.5) is 11.5 Å². The molecule has 0 atom stereocenters. The van der Waals surface area contributed by atoms with Gasteiger partial charge in [-0.05, 0) is 13.8 Å². The van der Waals surface area contributed by atoms with Gasteiger partial charge >= 0.3 is 5.69 Å². The highest BCUT2D eigenvalue weighted by Crippen LogP contribution is 2.27. The molecule has 0 bridgehead atoms. The summed E-state index contributed by atoms with van der Waals surface area (Å²) in [6, 6.07) is 0. The van der Waals surface area contributed by atoms with Crippen molar-refractivity contribution in [2.24, 2.45) is 0 Å². The van der Waals surface area contributed by atoms with Crippen molar-refractivity contribution in [1.82, 2.24) is 14.8 Å². The van der Waals surface area contributed by atoms with E-state index in [0.717, 1.165) is 12.1 Å². The Bertz CT molecular complexity index is 564. The van der Waals surface area contributed by atoms with E-state index in [1.807, 2.05) is 12.3 Å². The molecule has 102 valence electrons. The van der Waals surface area contributed by atoms with Crippen molar-refractivity contribution >= 4 is 22.8 Å². The Labute approximate surface area is 114 Å². The van der Waals surface area contributed by atoms with Crippen LogP contribution in [0.15, 0.2) is 10.9 Å². The summed E-state index contributed by atoms with van der Waals surface area (Å²) in [4.78, 5) is 14.9. The maximum Gasteiger partial charge on any atom is 0.333 e. The first-order valence-corrected chi connectivity index (χ1v) is 6.90. The highest BCUT2D eigenvalue weighted by molar-refractivity contribution is 7.07. The van der Waals surface area contributed by atoms with Crippen LogP contribution < -0.4 is 5.32 Å². The van der Waals surface area contributed by atoms with E-state index in [1.165, 1.54) is 0 Å². The third-order valence-corrected chi connectivity index (χ3v) is 3.37. The Morgan fingerprint density at radius 1 is 1.58 bits per heavy atom. The Morgan fingerprint density at radius 3 is 2.95 bits per heavy atom. The van der Waals surface area contributed by atoms with E-state index in [-0.39, 0.29) is 10.6 Å². The minimum absolute atomic E-state index is 0.0557. The molecule has 0 aromatic carbocycles. The van der Waals surface area contributed by atoms with Gasteiger partial charge in [-0.15, -0.1) is 11.3 Å². The van der Waals surface area contributed by atoms with Crippen LogP contribution in [0.5, 0.6) is 0 Å². The number of anilines is 1. The van der Waals surface area contributed by atoms with Gasteiger partial charge in [0.25, 0.3) is 0 Å². The molecule has 2 rings (SSSR count). The maximum atomic E-state index is 11.1. The van der Waals surface area contributed by atoms with Crippen molar-refractivity contribution < 1.29 is 4.92 Å². The van der Waals surface area contributed by atoms with Gasteiger partial charge < -0.3 is 5.32 Å². The van der Waals surface area contributed by atoms with E-state index >= 15 is 0 Å². The molecule has 0 aliphatic heterocycles. The lowest BCUT2D eigenvalue weighted by atomic mass is 10.3. The molecule has 8 heteroatoms. The van der Waals surface area contributed by atoms with Crippen molar-refractivity contribution in [3.63, 3.8) is 0 Å². The zero-order valence-corrected chi connectivity index (χ0v) is 11.6. The number of nitrogens with zero attached hydrogens (tertiary/aromatic N) is 4. The fourth-order valence-corrected chi connectivity index (χ4v) is 2.46. The number of aryl methyl sites for hydroxylation is 2. The molecule has 19 heavy (non-hydrogen) atoms. The fourth-order valence-electron chi connectivity index (χ4n) is 1.86. The smallest absolute Gasteiger partial charge is 0.333 e. The van der Waals surface area contributed by atoms with E-state index in [9.17, 15) is 10.1 Å². The standard InChI is InChI=1S/C11H15N5O2S/c1-3-15-11(10(16(17)18)8(2)14-15)12-5-4-9-6-19-7-13-9/h6-7,12H,3-5H2,1-2H3. The van der Waals surface area contributed by atoms with Gasteiger partial charge in [0, 0.05) is 24.9 Å². The fraction of sp³-hybridized carbons (Fsp3) is 0.455. The second kappa shape index (κ2) is 5.79. The van der Waals surface area contributed by atoms with Gasteiger partial charge in [-0.2, -0.15) is 5.10 Å². The average Bonchev–Trinajstić information content (AvgIpc) is 2.97. The zero-order valence-electron chi connectivity index (χ0n) is 10.8. The second-order valence-electron chi connectivity index (χ2n) is 4.01. The molecular formula is C11H15N5O2S. The van der Waals surface area contributed by atoms with Crippen LogP contribution >= 0.6 is 11.3 Å². The number of aromatic nitrogens is 3. The van der Waals surface area contributed by atoms with E-state index in [2.05, 4.69) is 15.4 Å². The number of hydrogen-bond acceptors (Lipinski definition) is 6. The lowest BCUT2D eigenvalue weighted by molar-refractivity contribution is -0.384. The number of nitro groups is 1. The molecule has 1 N–H and O–H groups in total. The normalized spacial score (nSPS) is 10.6. The molecule has 7 nitrogen and oxygen atoms in total. The van der Waals surface area contributed by atoms with Crippen LogP contribution in [0.25, 0.3) is 0 Å². The highest BCUT2D eigenvalue weighted by atomic mass is 32.1. The van der Waals surface area contributed by atoms with E-state index in [0.29, 0.717) is 24.6 Å². The van der Waals surface area contributed by atoms with Gasteiger partial charge in [-0.1, -0.05) is 0 Å². The summed E-state index contributed by atoms with van der Waals surface area (Å²) in [5.41, 5.74) is 3.25. The van der Waals surface area contributed by atoms with Crippen LogP contribution in [0.1, 0.15) is 18.3 Å². The molecule has 0 saturated carbocycles. The predicted molar refractivity (Wildman–Crippen MR) is 73.6 cm³/mol. The van der Waals surface area contributed by atoms with Crippen LogP contribution in [0, 0.1) is 17.0 Å². The first-order valence-electron chi connectivity index (χ1n) is 5.96. The zero-order chi connectivity index (χ0) is 13.8. The summed E-state index contributed by atoms with van der Waals surface area (Å²) in [5.74, 6) is 0.472. The predicted octanol–water partition coefficient (Wildman–Crippen LogP) is 2.23. The van der Waals surface area contributed by atoms with Gasteiger partial charge in [-0.3, -0.25) is 10.1 Å². The summed E-state index contributed by atoms with van der Waals surface area (Å²) >= 11 is 1.54. The average molecular weight is 281 g/mol. The van der Waals surface area contributed by atoms with Crippen molar-refractivity contribution in [2.75, 3.05) is 11.9 Å². The summed E-state index contributed by atoms with van der Waals surface area (Å²) < 4.78 is 1.62. The summed E-state index contributed by atoms with van der Waals surface area (Å²) in [7, 11) is 0. The molecule has 2 aromatic rings. The summed E-state index contributed by atoms with van der Waals surface area (Å²) in [6.45, 7) is 4.74.